The number of H-pyrrole nitrogens is 1. The number of anilines is 1. The molecular formula is C16H19ClN2O4S. The summed E-state index contributed by atoms with van der Waals surface area (Å²) in [6.07, 6.45) is 3.78. The molecule has 0 aliphatic rings. The van der Waals surface area contributed by atoms with Crippen molar-refractivity contribution < 1.29 is 17.9 Å². The van der Waals surface area contributed by atoms with Crippen molar-refractivity contribution in [1.29, 1.82) is 0 Å². The summed E-state index contributed by atoms with van der Waals surface area (Å²) in [6, 6.07) is 3.12. The number of benzene rings is 1. The molecule has 0 fully saturated rings. The van der Waals surface area contributed by atoms with Crippen molar-refractivity contribution in [2.75, 3.05) is 17.7 Å². The number of carbonyl (C=O) groups excluding carboxylic acids is 1. The first-order valence-electron chi connectivity index (χ1n) is 7.30. The Kier molecular flexibility index (Phi) is 5.56. The molecule has 0 spiro atoms. The Hall–Kier alpha value is -1.99. The van der Waals surface area contributed by atoms with Crippen molar-refractivity contribution in [3.63, 3.8) is 0 Å². The van der Waals surface area contributed by atoms with Gasteiger partial charge in [-0.25, -0.2) is 13.2 Å². The summed E-state index contributed by atoms with van der Waals surface area (Å²) in [5.74, 6) is -0.665. The second kappa shape index (κ2) is 7.27. The molecule has 2 aromatic rings. The third-order valence-electron chi connectivity index (χ3n) is 3.74. The zero-order chi connectivity index (χ0) is 17.9. The SMILES string of the molecule is C=CC(CCl)S(=O)(=O)Nc1cc(C(=O)OC)cc2c(CC)c[nH]c12. The van der Waals surface area contributed by atoms with Gasteiger partial charge < -0.3 is 9.72 Å². The van der Waals surface area contributed by atoms with Gasteiger partial charge in [-0.3, -0.25) is 4.72 Å². The van der Waals surface area contributed by atoms with E-state index in [0.29, 0.717) is 5.52 Å². The van der Waals surface area contributed by atoms with Crippen LogP contribution in [0, 0.1) is 0 Å². The minimum atomic E-state index is -3.79. The zero-order valence-electron chi connectivity index (χ0n) is 13.4. The normalized spacial score (nSPS) is 12.8. The van der Waals surface area contributed by atoms with Gasteiger partial charge in [-0.05, 0) is 24.1 Å². The largest absolute Gasteiger partial charge is 0.465 e. The smallest absolute Gasteiger partial charge is 0.337 e. The Labute approximate surface area is 145 Å². The van der Waals surface area contributed by atoms with Crippen LogP contribution in [0.4, 0.5) is 5.69 Å². The van der Waals surface area contributed by atoms with Crippen LogP contribution in [-0.4, -0.2) is 37.6 Å². The van der Waals surface area contributed by atoms with E-state index in [2.05, 4.69) is 16.3 Å². The summed E-state index contributed by atoms with van der Waals surface area (Å²) in [4.78, 5) is 14.9. The fraction of sp³-hybridized carbons (Fsp3) is 0.312. The standard InChI is InChI=1S/C16H19ClN2O4S/c1-4-10-9-18-15-13(10)6-11(16(20)23-3)7-14(15)19-24(21,22)12(5-2)8-17/h5-7,9,12,18-19H,2,4,8H2,1,3H3. The maximum atomic E-state index is 12.4. The van der Waals surface area contributed by atoms with Gasteiger partial charge in [0, 0.05) is 17.5 Å². The Morgan fingerprint density at radius 3 is 2.75 bits per heavy atom. The Morgan fingerprint density at radius 1 is 1.50 bits per heavy atom. The summed E-state index contributed by atoms with van der Waals surface area (Å²) in [7, 11) is -2.51. The number of aromatic amines is 1. The van der Waals surface area contributed by atoms with E-state index in [0.717, 1.165) is 17.4 Å². The number of ether oxygens (including phenoxy) is 1. The quantitative estimate of drug-likeness (QED) is 0.445. The third kappa shape index (κ3) is 3.42. The number of hydrogen-bond donors (Lipinski definition) is 2. The molecule has 1 aromatic heterocycles. The Morgan fingerprint density at radius 2 is 2.21 bits per heavy atom. The Bertz CT molecular complexity index is 874. The van der Waals surface area contributed by atoms with Gasteiger partial charge in [0.1, 0.15) is 5.25 Å². The highest BCUT2D eigenvalue weighted by molar-refractivity contribution is 7.93. The topological polar surface area (TPSA) is 88.3 Å². The first-order chi connectivity index (χ1) is 11.4. The number of fused-ring (bicyclic) bond motifs is 1. The fourth-order valence-corrected chi connectivity index (χ4v) is 4.06. The minimum Gasteiger partial charge on any atom is -0.465 e. The van der Waals surface area contributed by atoms with E-state index in [9.17, 15) is 13.2 Å². The molecule has 1 unspecified atom stereocenters. The van der Waals surface area contributed by atoms with Gasteiger partial charge >= 0.3 is 5.97 Å². The number of aromatic nitrogens is 1. The van der Waals surface area contributed by atoms with Crippen molar-refractivity contribution in [3.8, 4) is 0 Å². The van der Waals surface area contributed by atoms with Gasteiger partial charge in [-0.15, -0.1) is 18.2 Å². The molecule has 0 bridgehead atoms. The summed E-state index contributed by atoms with van der Waals surface area (Å²) in [5.41, 5.74) is 2.09. The number of aryl methyl sites for hydroxylation is 1. The van der Waals surface area contributed by atoms with Gasteiger partial charge in [0.2, 0.25) is 10.0 Å². The molecule has 24 heavy (non-hydrogen) atoms. The molecule has 0 aliphatic heterocycles. The monoisotopic (exact) mass is 370 g/mol. The number of sulfonamides is 1. The number of carbonyl (C=O) groups is 1. The minimum absolute atomic E-state index is 0.121. The molecule has 0 amide bonds. The van der Waals surface area contributed by atoms with Crippen LogP contribution in [0.3, 0.4) is 0 Å². The maximum absolute atomic E-state index is 12.4. The summed E-state index contributed by atoms with van der Waals surface area (Å²) < 4.78 is 32.1. The van der Waals surface area contributed by atoms with Crippen LogP contribution < -0.4 is 4.72 Å². The molecule has 0 saturated carbocycles. The number of rotatable bonds is 7. The molecule has 1 heterocycles. The first-order valence-corrected chi connectivity index (χ1v) is 9.38. The molecule has 0 saturated heterocycles. The molecule has 2 rings (SSSR count). The third-order valence-corrected chi connectivity index (χ3v) is 5.92. The molecular weight excluding hydrogens is 352 g/mol. The second-order valence-corrected chi connectivity index (χ2v) is 7.39. The molecule has 6 nitrogen and oxygen atoms in total. The van der Waals surface area contributed by atoms with Crippen molar-refractivity contribution in [2.24, 2.45) is 0 Å². The molecule has 0 radical (unpaired) electrons. The number of halogens is 1. The fourth-order valence-electron chi connectivity index (χ4n) is 2.40. The highest BCUT2D eigenvalue weighted by Crippen LogP contribution is 2.29. The van der Waals surface area contributed by atoms with Crippen molar-refractivity contribution in [3.05, 3.63) is 42.1 Å². The number of esters is 1. The lowest BCUT2D eigenvalue weighted by atomic mass is 10.1. The van der Waals surface area contributed by atoms with E-state index in [4.69, 9.17) is 16.3 Å². The maximum Gasteiger partial charge on any atom is 0.337 e. The van der Waals surface area contributed by atoms with E-state index in [1.54, 1.807) is 12.3 Å². The summed E-state index contributed by atoms with van der Waals surface area (Å²) in [5, 5.41) is -0.185. The molecule has 2 N–H and O–H groups in total. The number of nitrogens with one attached hydrogen (secondary N) is 2. The average Bonchev–Trinajstić information content (AvgIpc) is 2.97. The van der Waals surface area contributed by atoms with Crippen molar-refractivity contribution >= 4 is 44.2 Å². The first kappa shape index (κ1) is 18.4. The van der Waals surface area contributed by atoms with Crippen LogP contribution in [0.1, 0.15) is 22.8 Å². The summed E-state index contributed by atoms with van der Waals surface area (Å²) in [6.45, 7) is 5.46. The zero-order valence-corrected chi connectivity index (χ0v) is 15.0. The molecule has 1 aromatic carbocycles. The van der Waals surface area contributed by atoms with Crippen LogP contribution in [0.5, 0.6) is 0 Å². The van der Waals surface area contributed by atoms with Crippen molar-refractivity contribution in [1.82, 2.24) is 4.98 Å². The lowest BCUT2D eigenvalue weighted by Crippen LogP contribution is -2.27. The summed E-state index contributed by atoms with van der Waals surface area (Å²) >= 11 is 5.70. The van der Waals surface area contributed by atoms with Crippen LogP contribution in [0.15, 0.2) is 31.0 Å². The Balaban J connectivity index is 2.62. The van der Waals surface area contributed by atoms with Crippen LogP contribution >= 0.6 is 11.6 Å². The molecule has 0 aliphatic carbocycles. The van der Waals surface area contributed by atoms with E-state index < -0.39 is 21.2 Å². The highest BCUT2D eigenvalue weighted by Gasteiger charge is 2.24. The number of alkyl halides is 1. The van der Waals surface area contributed by atoms with Gasteiger partial charge in [0.25, 0.3) is 0 Å². The van der Waals surface area contributed by atoms with Gasteiger partial charge in [-0.2, -0.15) is 0 Å². The molecule has 8 heteroatoms. The van der Waals surface area contributed by atoms with E-state index in [1.807, 2.05) is 6.92 Å². The second-order valence-electron chi connectivity index (χ2n) is 5.18. The van der Waals surface area contributed by atoms with Gasteiger partial charge in [0.05, 0.1) is 23.9 Å². The number of hydrogen-bond acceptors (Lipinski definition) is 4. The van der Waals surface area contributed by atoms with E-state index in [1.165, 1.54) is 19.3 Å². The predicted octanol–water partition coefficient (Wildman–Crippen LogP) is 3.05. The average molecular weight is 371 g/mol. The molecule has 130 valence electrons. The lowest BCUT2D eigenvalue weighted by molar-refractivity contribution is 0.0601. The molecule has 1 atom stereocenters. The van der Waals surface area contributed by atoms with Crippen molar-refractivity contribution in [2.45, 2.75) is 18.6 Å². The van der Waals surface area contributed by atoms with E-state index in [-0.39, 0.29) is 17.1 Å². The lowest BCUT2D eigenvalue weighted by Gasteiger charge is -2.14. The van der Waals surface area contributed by atoms with E-state index >= 15 is 0 Å². The predicted molar refractivity (Wildman–Crippen MR) is 96.3 cm³/mol. The van der Waals surface area contributed by atoms with Crippen LogP contribution in [0.2, 0.25) is 0 Å². The van der Waals surface area contributed by atoms with Gasteiger partial charge in [0.15, 0.2) is 0 Å². The highest BCUT2D eigenvalue weighted by atomic mass is 35.5. The number of methoxy groups -OCH3 is 1. The van der Waals surface area contributed by atoms with Gasteiger partial charge in [-0.1, -0.05) is 13.0 Å². The van der Waals surface area contributed by atoms with Crippen LogP contribution in [0.25, 0.3) is 10.9 Å². The van der Waals surface area contributed by atoms with Crippen LogP contribution in [-0.2, 0) is 21.2 Å².